The first-order chi connectivity index (χ1) is 12.7. The summed E-state index contributed by atoms with van der Waals surface area (Å²) in [6.07, 6.45) is 2.46. The Kier molecular flexibility index (Phi) is 3.07. The third-order valence-corrected chi connectivity index (χ3v) is 6.15. The van der Waals surface area contributed by atoms with Gasteiger partial charge in [0.25, 0.3) is 5.56 Å². The highest BCUT2D eigenvalue weighted by Gasteiger charge is 2.73. The van der Waals surface area contributed by atoms with Crippen LogP contribution in [0.5, 0.6) is 0 Å². The van der Waals surface area contributed by atoms with Crippen LogP contribution >= 0.6 is 0 Å². The zero-order chi connectivity index (χ0) is 19.1. The minimum absolute atomic E-state index is 0.0965. The van der Waals surface area contributed by atoms with Gasteiger partial charge in [0, 0.05) is 18.5 Å². The van der Waals surface area contributed by atoms with Crippen LogP contribution in [0.1, 0.15) is 55.3 Å². The maximum Gasteiger partial charge on any atom is 0.261 e. The van der Waals surface area contributed by atoms with E-state index in [1.54, 1.807) is 25.5 Å². The Labute approximate surface area is 154 Å². The molecule has 2 bridgehead atoms. The van der Waals surface area contributed by atoms with Crippen LogP contribution in [0.4, 0.5) is 4.39 Å². The molecular formula is C19H20FN5O2. The van der Waals surface area contributed by atoms with Crippen molar-refractivity contribution in [2.24, 2.45) is 12.8 Å². The van der Waals surface area contributed by atoms with Crippen molar-refractivity contribution in [3.63, 3.8) is 0 Å². The lowest BCUT2D eigenvalue weighted by molar-refractivity contribution is -0.0966. The Morgan fingerprint density at radius 2 is 1.96 bits per heavy atom. The van der Waals surface area contributed by atoms with E-state index < -0.39 is 11.9 Å². The molecule has 2 heterocycles. The molecule has 1 atom stereocenters. The number of hydrogen-bond acceptors (Lipinski definition) is 6. The fraction of sp³-hybridized carbons (Fsp3) is 0.474. The lowest BCUT2D eigenvalue weighted by atomic mass is 9.34. The van der Waals surface area contributed by atoms with Gasteiger partial charge in [-0.3, -0.25) is 9.36 Å². The summed E-state index contributed by atoms with van der Waals surface area (Å²) in [4.78, 5) is 22.1. The molecule has 0 saturated heterocycles. The van der Waals surface area contributed by atoms with Gasteiger partial charge in [0.15, 0.2) is 5.82 Å². The summed E-state index contributed by atoms with van der Waals surface area (Å²) in [5, 5.41) is 4.16. The van der Waals surface area contributed by atoms with Crippen molar-refractivity contribution in [1.82, 2.24) is 19.7 Å². The number of aromatic nitrogens is 4. The molecule has 8 heteroatoms. The van der Waals surface area contributed by atoms with Crippen LogP contribution in [-0.2, 0) is 17.9 Å². The quantitative estimate of drug-likeness (QED) is 0.759. The van der Waals surface area contributed by atoms with E-state index in [0.717, 1.165) is 25.1 Å². The number of nitrogens with zero attached hydrogens (tertiary/aromatic N) is 4. The van der Waals surface area contributed by atoms with Gasteiger partial charge < -0.3 is 10.3 Å². The summed E-state index contributed by atoms with van der Waals surface area (Å²) in [6, 6.07) is 2.19. The van der Waals surface area contributed by atoms with Gasteiger partial charge in [-0.15, -0.1) is 0 Å². The fourth-order valence-electron chi connectivity index (χ4n) is 4.95. The molecule has 2 N–H and O–H groups in total. The van der Waals surface area contributed by atoms with E-state index in [2.05, 4.69) is 10.1 Å². The van der Waals surface area contributed by atoms with Crippen LogP contribution in [0, 0.1) is 12.7 Å². The SMILES string of the molecule is Cc1noc(C23CC(c4nc5c([C@@H](C)N)cc(F)cc5c(=O)n4C)(C2)C3)n1. The highest BCUT2D eigenvalue weighted by molar-refractivity contribution is 5.82. The molecule has 2 aromatic heterocycles. The van der Waals surface area contributed by atoms with Crippen molar-refractivity contribution in [3.8, 4) is 0 Å². The minimum Gasteiger partial charge on any atom is -0.339 e. The van der Waals surface area contributed by atoms with Crippen LogP contribution in [-0.4, -0.2) is 19.7 Å². The molecule has 0 spiro atoms. The topological polar surface area (TPSA) is 99.8 Å². The Bertz CT molecular complexity index is 1140. The second-order valence-electron chi connectivity index (χ2n) is 8.22. The molecule has 1 aromatic carbocycles. The average molecular weight is 369 g/mol. The van der Waals surface area contributed by atoms with E-state index in [0.29, 0.717) is 22.8 Å². The van der Waals surface area contributed by atoms with Crippen molar-refractivity contribution < 1.29 is 8.91 Å². The molecule has 3 fully saturated rings. The number of rotatable bonds is 3. The van der Waals surface area contributed by atoms with E-state index in [4.69, 9.17) is 15.2 Å². The molecule has 0 amide bonds. The van der Waals surface area contributed by atoms with Crippen molar-refractivity contribution in [2.45, 2.75) is 50.0 Å². The Hall–Kier alpha value is -2.61. The van der Waals surface area contributed by atoms with Gasteiger partial charge in [-0.1, -0.05) is 5.16 Å². The summed E-state index contributed by atoms with van der Waals surface area (Å²) < 4.78 is 20.9. The monoisotopic (exact) mass is 369 g/mol. The Morgan fingerprint density at radius 3 is 2.56 bits per heavy atom. The molecule has 0 aliphatic heterocycles. The molecule has 3 aromatic rings. The molecule has 3 aliphatic carbocycles. The van der Waals surface area contributed by atoms with Crippen LogP contribution in [0.2, 0.25) is 0 Å². The predicted octanol–water partition coefficient (Wildman–Crippen LogP) is 2.16. The van der Waals surface area contributed by atoms with Gasteiger partial charge in [-0.05, 0) is 50.8 Å². The zero-order valence-electron chi connectivity index (χ0n) is 15.4. The second-order valence-corrected chi connectivity index (χ2v) is 8.22. The first-order valence-corrected chi connectivity index (χ1v) is 9.02. The maximum atomic E-state index is 14.0. The fourth-order valence-corrected chi connectivity index (χ4v) is 4.95. The smallest absolute Gasteiger partial charge is 0.261 e. The third-order valence-electron chi connectivity index (χ3n) is 6.15. The molecule has 140 valence electrons. The molecule has 27 heavy (non-hydrogen) atoms. The van der Waals surface area contributed by atoms with Gasteiger partial charge >= 0.3 is 0 Å². The van der Waals surface area contributed by atoms with E-state index in [-0.39, 0.29) is 21.8 Å². The van der Waals surface area contributed by atoms with E-state index in [9.17, 15) is 9.18 Å². The number of fused-ring (bicyclic) bond motifs is 1. The van der Waals surface area contributed by atoms with Gasteiger partial charge in [0.1, 0.15) is 11.6 Å². The summed E-state index contributed by atoms with van der Waals surface area (Å²) >= 11 is 0. The molecule has 6 rings (SSSR count). The molecule has 3 saturated carbocycles. The summed E-state index contributed by atoms with van der Waals surface area (Å²) in [5.74, 6) is 1.55. The van der Waals surface area contributed by atoms with E-state index >= 15 is 0 Å². The molecule has 3 aliphatic rings. The standard InChI is InChI=1S/C19H20FN5O2/c1-9(21)12-4-11(20)5-13-14(12)23-16(25(3)15(13)26)18-6-19(7-18,8-18)17-22-10(2)24-27-17/h4-5,9H,6-8,21H2,1-3H3/t9-,18?,19?/m1/s1. The maximum absolute atomic E-state index is 14.0. The molecule has 0 unspecified atom stereocenters. The van der Waals surface area contributed by atoms with Crippen LogP contribution in [0.25, 0.3) is 10.9 Å². The van der Waals surface area contributed by atoms with Crippen molar-refractivity contribution >= 4 is 10.9 Å². The summed E-state index contributed by atoms with van der Waals surface area (Å²) in [5.41, 5.74) is 6.54. The predicted molar refractivity (Wildman–Crippen MR) is 95.8 cm³/mol. The normalized spacial score (nSPS) is 27.3. The van der Waals surface area contributed by atoms with Gasteiger partial charge in [-0.2, -0.15) is 4.98 Å². The largest absolute Gasteiger partial charge is 0.339 e. The lowest BCUT2D eigenvalue weighted by Crippen LogP contribution is -2.68. The average Bonchev–Trinajstić information content (AvgIpc) is 2.95. The first kappa shape index (κ1) is 16.6. The van der Waals surface area contributed by atoms with Gasteiger partial charge in [-0.25, -0.2) is 9.37 Å². The highest BCUT2D eigenvalue weighted by Crippen LogP contribution is 2.73. The molecule has 7 nitrogen and oxygen atoms in total. The summed E-state index contributed by atoms with van der Waals surface area (Å²) in [7, 11) is 1.70. The molecular weight excluding hydrogens is 349 g/mol. The number of aryl methyl sites for hydroxylation is 1. The Morgan fingerprint density at radius 1 is 1.26 bits per heavy atom. The number of nitrogens with two attached hydrogens (primary N) is 1. The van der Waals surface area contributed by atoms with Crippen LogP contribution in [0.3, 0.4) is 0 Å². The van der Waals surface area contributed by atoms with Gasteiger partial charge in [0.05, 0.1) is 16.3 Å². The zero-order valence-corrected chi connectivity index (χ0v) is 15.4. The number of benzene rings is 1. The summed E-state index contributed by atoms with van der Waals surface area (Å²) in [6.45, 7) is 3.57. The van der Waals surface area contributed by atoms with Crippen molar-refractivity contribution in [1.29, 1.82) is 0 Å². The Balaban J connectivity index is 1.62. The van der Waals surface area contributed by atoms with E-state index in [1.807, 2.05) is 0 Å². The first-order valence-electron chi connectivity index (χ1n) is 9.02. The minimum atomic E-state index is -0.474. The van der Waals surface area contributed by atoms with Crippen molar-refractivity contribution in [3.05, 3.63) is 51.4 Å². The van der Waals surface area contributed by atoms with Gasteiger partial charge in [0.2, 0.25) is 5.89 Å². The van der Waals surface area contributed by atoms with E-state index in [1.165, 1.54) is 12.1 Å². The second kappa shape index (κ2) is 5.01. The highest BCUT2D eigenvalue weighted by atomic mass is 19.1. The number of halogens is 1. The molecule has 0 radical (unpaired) electrons. The van der Waals surface area contributed by atoms with Crippen LogP contribution < -0.4 is 11.3 Å². The number of hydrogen-bond donors (Lipinski definition) is 1. The van der Waals surface area contributed by atoms with Crippen molar-refractivity contribution in [2.75, 3.05) is 0 Å². The third kappa shape index (κ3) is 2.04. The lowest BCUT2D eigenvalue weighted by Gasteiger charge is -2.68. The van der Waals surface area contributed by atoms with Crippen LogP contribution in [0.15, 0.2) is 21.5 Å².